The maximum absolute atomic E-state index is 14.7. The van der Waals surface area contributed by atoms with Gasteiger partial charge in [-0.25, -0.2) is 18.6 Å². The van der Waals surface area contributed by atoms with E-state index in [1.807, 2.05) is 20.8 Å². The van der Waals surface area contributed by atoms with E-state index in [2.05, 4.69) is 4.98 Å². The normalized spacial score (nSPS) is 15.5. The number of piperidine rings is 1. The van der Waals surface area contributed by atoms with Crippen molar-refractivity contribution in [1.82, 2.24) is 9.88 Å². The number of halogens is 2. The van der Waals surface area contributed by atoms with Gasteiger partial charge in [0, 0.05) is 24.6 Å². The first-order valence-corrected chi connectivity index (χ1v) is 10.4. The molecule has 7 heteroatoms. The minimum Gasteiger partial charge on any atom is -0.444 e. The van der Waals surface area contributed by atoms with Crippen LogP contribution in [0.1, 0.15) is 51.0 Å². The number of hydrogen-bond acceptors (Lipinski definition) is 4. The van der Waals surface area contributed by atoms with Gasteiger partial charge in [-0.15, -0.1) is 0 Å². The number of carbonyl (C=O) groups is 1. The van der Waals surface area contributed by atoms with Gasteiger partial charge < -0.3 is 14.1 Å². The summed E-state index contributed by atoms with van der Waals surface area (Å²) in [6.45, 7) is 8.33. The Morgan fingerprint density at radius 1 is 1.13 bits per heavy atom. The van der Waals surface area contributed by atoms with Crippen molar-refractivity contribution in [3.05, 3.63) is 53.4 Å². The summed E-state index contributed by atoms with van der Waals surface area (Å²) in [5.41, 5.74) is 1.42. The average molecular weight is 428 g/mol. The van der Waals surface area contributed by atoms with Gasteiger partial charge in [-0.2, -0.15) is 0 Å². The van der Waals surface area contributed by atoms with E-state index < -0.39 is 17.2 Å². The van der Waals surface area contributed by atoms with E-state index in [9.17, 15) is 13.6 Å². The molecule has 2 heterocycles. The molecule has 5 nitrogen and oxygen atoms in total. The van der Waals surface area contributed by atoms with Gasteiger partial charge in [0.25, 0.3) is 0 Å². The molecule has 1 saturated heterocycles. The summed E-state index contributed by atoms with van der Waals surface area (Å²) in [4.78, 5) is 18.4. The van der Waals surface area contributed by atoms with Crippen LogP contribution in [-0.4, -0.2) is 34.7 Å². The van der Waals surface area contributed by atoms with Crippen LogP contribution in [0.5, 0.6) is 0 Å². The smallest absolute Gasteiger partial charge is 0.410 e. The SMILES string of the molecule is Cc1ccc(-c2cc(F)c3oc(C4CCN(C(=O)OC(C)(C)C)CC4)nc3c2)c(F)c1. The molecule has 0 unspecified atom stereocenters. The van der Waals surface area contributed by atoms with Crippen molar-refractivity contribution in [2.75, 3.05) is 13.1 Å². The predicted molar refractivity (Wildman–Crippen MR) is 114 cm³/mol. The van der Waals surface area contributed by atoms with E-state index >= 15 is 0 Å². The molecule has 1 aliphatic rings. The van der Waals surface area contributed by atoms with Gasteiger partial charge in [-0.05, 0) is 69.9 Å². The lowest BCUT2D eigenvalue weighted by Crippen LogP contribution is -2.41. The van der Waals surface area contributed by atoms with Gasteiger partial charge in [0.1, 0.15) is 16.9 Å². The molecule has 0 saturated carbocycles. The van der Waals surface area contributed by atoms with Crippen molar-refractivity contribution < 1.29 is 22.7 Å². The van der Waals surface area contributed by atoms with Crippen LogP contribution >= 0.6 is 0 Å². The molecule has 0 spiro atoms. The molecular formula is C24H26F2N2O3. The number of nitrogens with zero attached hydrogens (tertiary/aromatic N) is 2. The third kappa shape index (κ3) is 4.55. The number of fused-ring (bicyclic) bond motifs is 1. The third-order valence-corrected chi connectivity index (χ3v) is 5.39. The van der Waals surface area contributed by atoms with Crippen molar-refractivity contribution in [1.29, 1.82) is 0 Å². The van der Waals surface area contributed by atoms with Crippen molar-refractivity contribution >= 4 is 17.2 Å². The number of hydrogen-bond donors (Lipinski definition) is 0. The molecule has 1 aromatic heterocycles. The fraction of sp³-hybridized carbons (Fsp3) is 0.417. The van der Waals surface area contributed by atoms with Crippen molar-refractivity contribution in [2.45, 2.75) is 52.1 Å². The first-order valence-electron chi connectivity index (χ1n) is 10.4. The second kappa shape index (κ2) is 7.94. The highest BCUT2D eigenvalue weighted by molar-refractivity contribution is 5.81. The zero-order chi connectivity index (χ0) is 22.3. The Morgan fingerprint density at radius 3 is 2.48 bits per heavy atom. The highest BCUT2D eigenvalue weighted by Crippen LogP contribution is 2.34. The van der Waals surface area contributed by atoms with Crippen LogP contribution in [0, 0.1) is 18.6 Å². The first-order chi connectivity index (χ1) is 14.6. The van der Waals surface area contributed by atoms with E-state index in [4.69, 9.17) is 9.15 Å². The summed E-state index contributed by atoms with van der Waals surface area (Å²) in [6, 6.07) is 7.76. The van der Waals surface area contributed by atoms with Crippen LogP contribution in [-0.2, 0) is 4.74 Å². The number of oxazole rings is 1. The molecular weight excluding hydrogens is 402 g/mol. The minimum absolute atomic E-state index is 0.0231. The average Bonchev–Trinajstić information content (AvgIpc) is 3.11. The Hall–Kier alpha value is -2.96. The summed E-state index contributed by atoms with van der Waals surface area (Å²) >= 11 is 0. The van der Waals surface area contributed by atoms with Crippen LogP contribution in [0.4, 0.5) is 13.6 Å². The van der Waals surface area contributed by atoms with Crippen LogP contribution in [0.25, 0.3) is 22.2 Å². The molecule has 0 aliphatic carbocycles. The highest BCUT2D eigenvalue weighted by Gasteiger charge is 2.30. The van der Waals surface area contributed by atoms with E-state index in [1.165, 1.54) is 12.1 Å². The van der Waals surface area contributed by atoms with Gasteiger partial charge in [0.05, 0.1) is 0 Å². The summed E-state index contributed by atoms with van der Waals surface area (Å²) in [7, 11) is 0. The van der Waals surface area contributed by atoms with E-state index in [1.54, 1.807) is 30.0 Å². The number of aromatic nitrogens is 1. The number of aryl methyl sites for hydroxylation is 1. The molecule has 3 aromatic rings. The molecule has 31 heavy (non-hydrogen) atoms. The van der Waals surface area contributed by atoms with Gasteiger partial charge in [0.2, 0.25) is 0 Å². The summed E-state index contributed by atoms with van der Waals surface area (Å²) in [5, 5.41) is 0. The number of ether oxygens (including phenoxy) is 1. The zero-order valence-electron chi connectivity index (χ0n) is 18.2. The number of likely N-dealkylation sites (tertiary alicyclic amines) is 1. The molecule has 1 amide bonds. The first kappa shape index (κ1) is 21.3. The Balaban J connectivity index is 1.54. The van der Waals surface area contributed by atoms with E-state index in [0.717, 1.165) is 5.56 Å². The van der Waals surface area contributed by atoms with Crippen LogP contribution in [0.3, 0.4) is 0 Å². The van der Waals surface area contributed by atoms with Crippen molar-refractivity contribution in [2.24, 2.45) is 0 Å². The van der Waals surface area contributed by atoms with Crippen LogP contribution in [0.15, 0.2) is 34.7 Å². The minimum atomic E-state index is -0.572. The van der Waals surface area contributed by atoms with E-state index in [0.29, 0.717) is 48.5 Å². The van der Waals surface area contributed by atoms with Crippen molar-refractivity contribution in [3.63, 3.8) is 0 Å². The summed E-state index contributed by atoms with van der Waals surface area (Å²) < 4.78 is 40.2. The fourth-order valence-corrected chi connectivity index (χ4v) is 3.83. The molecule has 0 bridgehead atoms. The van der Waals surface area contributed by atoms with Crippen molar-refractivity contribution in [3.8, 4) is 11.1 Å². The van der Waals surface area contributed by atoms with E-state index in [-0.39, 0.29) is 17.6 Å². The molecule has 1 fully saturated rings. The lowest BCUT2D eigenvalue weighted by Gasteiger charge is -2.32. The Labute approximate surface area is 180 Å². The van der Waals surface area contributed by atoms with Gasteiger partial charge >= 0.3 is 6.09 Å². The van der Waals surface area contributed by atoms with Gasteiger partial charge in [-0.1, -0.05) is 12.1 Å². The maximum atomic E-state index is 14.7. The molecule has 4 rings (SSSR count). The topological polar surface area (TPSA) is 55.6 Å². The number of benzene rings is 2. The number of amides is 1. The molecule has 0 radical (unpaired) electrons. The van der Waals surface area contributed by atoms with Crippen LogP contribution < -0.4 is 0 Å². The molecule has 0 atom stereocenters. The molecule has 2 aromatic carbocycles. The Morgan fingerprint density at radius 2 is 1.84 bits per heavy atom. The summed E-state index contributed by atoms with van der Waals surface area (Å²) in [5.74, 6) is -0.557. The largest absolute Gasteiger partial charge is 0.444 e. The third-order valence-electron chi connectivity index (χ3n) is 5.39. The highest BCUT2D eigenvalue weighted by atomic mass is 19.1. The lowest BCUT2D eigenvalue weighted by atomic mass is 9.97. The second-order valence-corrected chi connectivity index (χ2v) is 9.08. The molecule has 0 N–H and O–H groups in total. The molecule has 1 aliphatic heterocycles. The number of carbonyl (C=O) groups excluding carboxylic acids is 1. The van der Waals surface area contributed by atoms with Gasteiger partial charge in [0.15, 0.2) is 17.3 Å². The fourth-order valence-electron chi connectivity index (χ4n) is 3.83. The Kier molecular flexibility index (Phi) is 5.45. The summed E-state index contributed by atoms with van der Waals surface area (Å²) in [6.07, 6.45) is 0.958. The van der Waals surface area contributed by atoms with Gasteiger partial charge in [-0.3, -0.25) is 0 Å². The Bertz CT molecular complexity index is 1130. The number of rotatable bonds is 2. The quantitative estimate of drug-likeness (QED) is 0.488. The standard InChI is InChI=1S/C24H26F2N2O3/c1-14-5-6-17(18(25)11-14)16-12-19(26)21-20(13-16)27-22(30-21)15-7-9-28(10-8-15)23(29)31-24(2,3)4/h5-6,11-13,15H,7-10H2,1-4H3. The lowest BCUT2D eigenvalue weighted by molar-refractivity contribution is 0.0199. The monoisotopic (exact) mass is 428 g/mol. The maximum Gasteiger partial charge on any atom is 0.410 e. The predicted octanol–water partition coefficient (Wildman–Crippen LogP) is 6.20. The zero-order valence-corrected chi connectivity index (χ0v) is 18.2. The second-order valence-electron chi connectivity index (χ2n) is 9.08. The van der Waals surface area contributed by atoms with Crippen LogP contribution in [0.2, 0.25) is 0 Å². The molecule has 164 valence electrons.